The van der Waals surface area contributed by atoms with Crippen LogP contribution in [0.4, 0.5) is 0 Å². The second-order valence-electron chi connectivity index (χ2n) is 6.11. The molecular weight excluding hydrogens is 346 g/mol. The van der Waals surface area contributed by atoms with Crippen molar-refractivity contribution in [1.82, 2.24) is 5.32 Å². The number of methoxy groups -OCH3 is 1. The second kappa shape index (κ2) is 8.19. The number of benzene rings is 2. The van der Waals surface area contributed by atoms with Crippen LogP contribution in [0, 0.1) is 6.92 Å². The summed E-state index contributed by atoms with van der Waals surface area (Å²) < 4.78 is 5.15. The molecule has 0 radical (unpaired) electrons. The lowest BCUT2D eigenvalue weighted by atomic mass is 10.1. The Labute approximate surface area is 157 Å². The number of amidine groups is 1. The summed E-state index contributed by atoms with van der Waals surface area (Å²) in [5, 5.41) is 11.6. The molecular formula is C20H21N3O2S. The zero-order valence-corrected chi connectivity index (χ0v) is 15.8. The molecule has 2 aromatic rings. The Morgan fingerprint density at radius 3 is 2.69 bits per heavy atom. The topological polar surface area (TPSA) is 63.1 Å². The number of nitrogens with one attached hydrogen (secondary N) is 1. The lowest BCUT2D eigenvalue weighted by Crippen LogP contribution is -2.26. The van der Waals surface area contributed by atoms with Crippen LogP contribution in [0.25, 0.3) is 0 Å². The third kappa shape index (κ3) is 4.52. The zero-order chi connectivity index (χ0) is 18.5. The number of carbonyl (C=O) groups excluding carboxylic acids is 1. The second-order valence-corrected chi connectivity index (χ2v) is 7.30. The summed E-state index contributed by atoms with van der Waals surface area (Å²) in [7, 11) is 1.63. The van der Waals surface area contributed by atoms with E-state index in [9.17, 15) is 4.79 Å². The Morgan fingerprint density at radius 2 is 2.00 bits per heavy atom. The summed E-state index contributed by atoms with van der Waals surface area (Å²) >= 11 is 1.42. The van der Waals surface area contributed by atoms with E-state index in [2.05, 4.69) is 34.6 Å². The fraction of sp³-hybridized carbons (Fsp3) is 0.250. The standard InChI is InChI=1S/C20H21N3O2S/c1-13-5-4-6-15(11-13)12-18-19(24)21-20(26-18)23-22-14(2)16-7-9-17(25-3)10-8-16/h4-11,18H,12H2,1-3H3,(H,21,23,24)/b22-14+/t18-/m0/s1. The molecule has 1 aliphatic heterocycles. The van der Waals surface area contributed by atoms with Crippen LogP contribution in [0.5, 0.6) is 5.75 Å². The summed E-state index contributed by atoms with van der Waals surface area (Å²) in [6, 6.07) is 15.8. The Morgan fingerprint density at radius 1 is 1.23 bits per heavy atom. The Bertz CT molecular complexity index is 860. The van der Waals surface area contributed by atoms with Crippen molar-refractivity contribution in [2.75, 3.05) is 7.11 Å². The quantitative estimate of drug-likeness (QED) is 0.649. The van der Waals surface area contributed by atoms with E-state index in [-0.39, 0.29) is 11.2 Å². The highest BCUT2D eigenvalue weighted by Crippen LogP contribution is 2.24. The van der Waals surface area contributed by atoms with E-state index in [0.29, 0.717) is 11.6 Å². The highest BCUT2D eigenvalue weighted by atomic mass is 32.2. The molecule has 5 nitrogen and oxygen atoms in total. The van der Waals surface area contributed by atoms with Crippen LogP contribution in [-0.2, 0) is 11.2 Å². The summed E-state index contributed by atoms with van der Waals surface area (Å²) in [6.45, 7) is 3.94. The maximum Gasteiger partial charge on any atom is 0.239 e. The molecule has 3 rings (SSSR count). The molecule has 0 aromatic heterocycles. The normalized spacial score (nSPS) is 18.9. The number of aryl methyl sites for hydroxylation is 1. The number of hydrogen-bond donors (Lipinski definition) is 1. The lowest BCUT2D eigenvalue weighted by Gasteiger charge is -2.05. The molecule has 1 heterocycles. The maximum atomic E-state index is 12.2. The summed E-state index contributed by atoms with van der Waals surface area (Å²) in [6.07, 6.45) is 0.679. The number of ether oxygens (including phenoxy) is 1. The molecule has 1 aliphatic rings. The average Bonchev–Trinajstić information content (AvgIpc) is 2.99. The largest absolute Gasteiger partial charge is 0.497 e. The van der Waals surface area contributed by atoms with Gasteiger partial charge in [0, 0.05) is 0 Å². The van der Waals surface area contributed by atoms with Crippen LogP contribution >= 0.6 is 11.8 Å². The molecule has 1 saturated heterocycles. The van der Waals surface area contributed by atoms with Gasteiger partial charge in [0.1, 0.15) is 5.75 Å². The minimum atomic E-state index is -0.174. The number of thioether (sulfide) groups is 1. The Kier molecular flexibility index (Phi) is 5.73. The molecule has 0 aliphatic carbocycles. The number of nitrogens with zero attached hydrogens (tertiary/aromatic N) is 2. The number of rotatable bonds is 5. The number of carbonyl (C=O) groups is 1. The third-order valence-corrected chi connectivity index (χ3v) is 5.15. The Hall–Kier alpha value is -2.60. The van der Waals surface area contributed by atoms with Crippen LogP contribution in [0.2, 0.25) is 0 Å². The summed E-state index contributed by atoms with van der Waals surface area (Å²) in [5.74, 6) is 0.776. The minimum Gasteiger partial charge on any atom is -0.497 e. The summed E-state index contributed by atoms with van der Waals surface area (Å²) in [5.41, 5.74) is 4.08. The van der Waals surface area contributed by atoms with Crippen molar-refractivity contribution < 1.29 is 9.53 Å². The van der Waals surface area contributed by atoms with Crippen LogP contribution in [0.15, 0.2) is 58.7 Å². The van der Waals surface area contributed by atoms with Gasteiger partial charge in [0.05, 0.1) is 18.1 Å². The van der Waals surface area contributed by atoms with Gasteiger partial charge in [-0.05, 0) is 55.7 Å². The van der Waals surface area contributed by atoms with E-state index >= 15 is 0 Å². The fourth-order valence-corrected chi connectivity index (χ4v) is 3.61. The van der Waals surface area contributed by atoms with E-state index in [0.717, 1.165) is 22.6 Å². The molecule has 0 unspecified atom stereocenters. The molecule has 0 saturated carbocycles. The van der Waals surface area contributed by atoms with Gasteiger partial charge < -0.3 is 10.1 Å². The molecule has 1 amide bonds. The number of amides is 1. The molecule has 1 atom stereocenters. The predicted molar refractivity (Wildman–Crippen MR) is 107 cm³/mol. The van der Waals surface area contributed by atoms with Gasteiger partial charge in [-0.1, -0.05) is 41.6 Å². The van der Waals surface area contributed by atoms with Crippen molar-refractivity contribution in [3.8, 4) is 5.75 Å². The summed E-state index contributed by atoms with van der Waals surface area (Å²) in [4.78, 5) is 12.2. The van der Waals surface area contributed by atoms with E-state index in [1.807, 2.05) is 43.3 Å². The monoisotopic (exact) mass is 367 g/mol. The van der Waals surface area contributed by atoms with Gasteiger partial charge >= 0.3 is 0 Å². The van der Waals surface area contributed by atoms with Crippen molar-refractivity contribution in [2.45, 2.75) is 25.5 Å². The van der Waals surface area contributed by atoms with Gasteiger partial charge in [-0.25, -0.2) is 0 Å². The minimum absolute atomic E-state index is 0.0208. The molecule has 1 fully saturated rings. The maximum absolute atomic E-state index is 12.2. The van der Waals surface area contributed by atoms with Crippen molar-refractivity contribution in [2.24, 2.45) is 10.2 Å². The van der Waals surface area contributed by atoms with Crippen molar-refractivity contribution in [1.29, 1.82) is 0 Å². The van der Waals surface area contributed by atoms with E-state index in [1.54, 1.807) is 7.11 Å². The van der Waals surface area contributed by atoms with Crippen LogP contribution in [0.3, 0.4) is 0 Å². The molecule has 26 heavy (non-hydrogen) atoms. The first-order valence-electron chi connectivity index (χ1n) is 8.35. The van der Waals surface area contributed by atoms with Gasteiger partial charge in [0.2, 0.25) is 5.91 Å². The smallest absolute Gasteiger partial charge is 0.239 e. The van der Waals surface area contributed by atoms with Gasteiger partial charge in [-0.2, -0.15) is 5.10 Å². The first-order chi connectivity index (χ1) is 12.5. The van der Waals surface area contributed by atoms with Crippen LogP contribution < -0.4 is 10.1 Å². The highest BCUT2D eigenvalue weighted by Gasteiger charge is 2.30. The predicted octanol–water partition coefficient (Wildman–Crippen LogP) is 3.56. The first kappa shape index (κ1) is 18.2. The van der Waals surface area contributed by atoms with Crippen LogP contribution in [0.1, 0.15) is 23.6 Å². The molecule has 0 bridgehead atoms. The molecule has 2 aromatic carbocycles. The van der Waals surface area contributed by atoms with Gasteiger partial charge in [0.15, 0.2) is 5.17 Å². The van der Waals surface area contributed by atoms with Gasteiger partial charge in [-0.15, -0.1) is 5.10 Å². The van der Waals surface area contributed by atoms with Crippen LogP contribution in [-0.4, -0.2) is 29.1 Å². The third-order valence-electron chi connectivity index (χ3n) is 4.08. The molecule has 6 heteroatoms. The van der Waals surface area contributed by atoms with E-state index < -0.39 is 0 Å². The molecule has 0 spiro atoms. The molecule has 1 N–H and O–H groups in total. The Balaban J connectivity index is 1.67. The van der Waals surface area contributed by atoms with E-state index in [1.165, 1.54) is 17.3 Å². The number of hydrogen-bond acceptors (Lipinski definition) is 5. The van der Waals surface area contributed by atoms with Crippen molar-refractivity contribution in [3.05, 3.63) is 65.2 Å². The first-order valence-corrected chi connectivity index (χ1v) is 9.23. The van der Waals surface area contributed by atoms with Gasteiger partial charge in [-0.3, -0.25) is 4.79 Å². The van der Waals surface area contributed by atoms with Crippen molar-refractivity contribution >= 4 is 28.5 Å². The SMILES string of the molecule is COc1ccc(/C(C)=N/N=C2/NC(=O)[C@H](Cc3cccc(C)c3)S2)cc1. The van der Waals surface area contributed by atoms with E-state index in [4.69, 9.17) is 4.74 Å². The van der Waals surface area contributed by atoms with Crippen molar-refractivity contribution in [3.63, 3.8) is 0 Å². The van der Waals surface area contributed by atoms with Gasteiger partial charge in [0.25, 0.3) is 0 Å². The lowest BCUT2D eigenvalue weighted by molar-refractivity contribution is -0.118. The highest BCUT2D eigenvalue weighted by molar-refractivity contribution is 8.15. The molecule has 134 valence electrons. The fourth-order valence-electron chi connectivity index (χ4n) is 2.65. The zero-order valence-electron chi connectivity index (χ0n) is 15.0. The average molecular weight is 367 g/mol.